The summed E-state index contributed by atoms with van der Waals surface area (Å²) in [4.78, 5) is 33.3. The lowest BCUT2D eigenvalue weighted by molar-refractivity contribution is -0.151. The van der Waals surface area contributed by atoms with Crippen LogP contribution >= 0.6 is 0 Å². The Hall–Kier alpha value is -1.43. The van der Waals surface area contributed by atoms with Gasteiger partial charge in [-0.2, -0.15) is 0 Å². The van der Waals surface area contributed by atoms with Gasteiger partial charge in [-0.25, -0.2) is 0 Å². The molecule has 0 amide bonds. The molecule has 2 N–H and O–H groups in total. The monoisotopic (exact) mass is 246 g/mol. The first kappa shape index (κ1) is 15.6. The largest absolute Gasteiger partial charge is 0.481 e. The summed E-state index contributed by atoms with van der Waals surface area (Å²) in [7, 11) is 1.27. The lowest BCUT2D eigenvalue weighted by Crippen LogP contribution is -2.38. The molecule has 0 aromatic carbocycles. The van der Waals surface area contributed by atoms with Gasteiger partial charge in [0.25, 0.3) is 0 Å². The van der Waals surface area contributed by atoms with Gasteiger partial charge in [0, 0.05) is 7.11 Å². The van der Waals surface area contributed by atoms with Gasteiger partial charge in [-0.3, -0.25) is 14.4 Å². The predicted molar refractivity (Wildman–Crippen MR) is 58.6 cm³/mol. The molecular formula is C11H18O6. The molecular weight excluding hydrogens is 228 g/mol. The van der Waals surface area contributed by atoms with Gasteiger partial charge in [-0.1, -0.05) is 13.8 Å². The van der Waals surface area contributed by atoms with Crippen molar-refractivity contribution in [1.29, 1.82) is 0 Å². The molecule has 17 heavy (non-hydrogen) atoms. The molecule has 0 aliphatic rings. The van der Waals surface area contributed by atoms with Gasteiger partial charge in [0.2, 0.25) is 0 Å². The van der Waals surface area contributed by atoms with Gasteiger partial charge < -0.3 is 14.9 Å². The Kier molecular flexibility index (Phi) is 6.42. The van der Waals surface area contributed by atoms with E-state index in [-0.39, 0.29) is 12.8 Å². The minimum Gasteiger partial charge on any atom is -0.481 e. The van der Waals surface area contributed by atoms with Crippen molar-refractivity contribution in [2.45, 2.75) is 32.8 Å². The van der Waals surface area contributed by atoms with Crippen molar-refractivity contribution in [3.05, 3.63) is 0 Å². The highest BCUT2D eigenvalue weighted by molar-refractivity contribution is 6.00. The second-order valence-electron chi connectivity index (χ2n) is 3.93. The molecule has 0 fully saturated rings. The number of carbonyl (C=O) groups excluding carboxylic acids is 1. The Morgan fingerprint density at radius 2 is 1.76 bits per heavy atom. The van der Waals surface area contributed by atoms with Gasteiger partial charge in [-0.15, -0.1) is 0 Å². The minimum absolute atomic E-state index is 0.161. The van der Waals surface area contributed by atoms with Crippen LogP contribution in [0.15, 0.2) is 0 Å². The first-order valence-electron chi connectivity index (χ1n) is 5.36. The summed E-state index contributed by atoms with van der Waals surface area (Å²) in [6.07, 6.45) is -1.07. The van der Waals surface area contributed by atoms with Crippen molar-refractivity contribution < 1.29 is 29.3 Å². The molecule has 6 heteroatoms. The number of ether oxygens (including phenoxy) is 1. The highest BCUT2D eigenvalue weighted by atomic mass is 16.5. The summed E-state index contributed by atoms with van der Waals surface area (Å²) in [6.45, 7) is 3.14. The molecule has 0 aromatic rings. The molecule has 0 saturated heterocycles. The second-order valence-corrected chi connectivity index (χ2v) is 3.93. The Bertz CT molecular complexity index is 298. The van der Waals surface area contributed by atoms with Crippen LogP contribution in [-0.2, 0) is 19.1 Å². The van der Waals surface area contributed by atoms with Crippen molar-refractivity contribution in [3.8, 4) is 0 Å². The second kappa shape index (κ2) is 7.01. The Balaban J connectivity index is 4.80. The highest BCUT2D eigenvalue weighted by Crippen LogP contribution is 2.18. The number of Topliss-reactive ketones (excluding diaryl/α,β-unsaturated/α-hetero) is 1. The summed E-state index contributed by atoms with van der Waals surface area (Å²) in [6, 6.07) is 0. The molecule has 0 aliphatic carbocycles. The van der Waals surface area contributed by atoms with E-state index >= 15 is 0 Å². The SMILES string of the molecule is CCC(C(=O)O)C(=O)C(OC)C(C)CC(=O)O. The molecule has 0 aromatic heterocycles. The van der Waals surface area contributed by atoms with Gasteiger partial charge in [0.1, 0.15) is 12.0 Å². The van der Waals surface area contributed by atoms with Crippen LogP contribution in [0.1, 0.15) is 26.7 Å². The summed E-state index contributed by atoms with van der Waals surface area (Å²) < 4.78 is 4.93. The zero-order valence-corrected chi connectivity index (χ0v) is 10.2. The fraction of sp³-hybridized carbons (Fsp3) is 0.727. The first-order chi connectivity index (χ1) is 7.84. The van der Waals surface area contributed by atoms with Crippen LogP contribution in [0.2, 0.25) is 0 Å². The van der Waals surface area contributed by atoms with E-state index < -0.39 is 35.7 Å². The molecule has 3 unspecified atom stereocenters. The zero-order valence-electron chi connectivity index (χ0n) is 10.2. The molecule has 0 aliphatic heterocycles. The van der Waals surface area contributed by atoms with Crippen LogP contribution in [0.4, 0.5) is 0 Å². The summed E-state index contributed by atoms with van der Waals surface area (Å²) in [5, 5.41) is 17.5. The number of hydrogen-bond donors (Lipinski definition) is 2. The number of aliphatic carboxylic acids is 2. The molecule has 3 atom stereocenters. The van der Waals surface area contributed by atoms with E-state index in [1.807, 2.05) is 0 Å². The minimum atomic E-state index is -1.21. The Labute approximate surface area is 99.6 Å². The van der Waals surface area contributed by atoms with Crippen molar-refractivity contribution in [3.63, 3.8) is 0 Å². The third-order valence-electron chi connectivity index (χ3n) is 2.60. The fourth-order valence-corrected chi connectivity index (χ4v) is 1.71. The average Bonchev–Trinajstić information content (AvgIpc) is 2.17. The molecule has 98 valence electrons. The van der Waals surface area contributed by atoms with Crippen molar-refractivity contribution in [2.24, 2.45) is 11.8 Å². The highest BCUT2D eigenvalue weighted by Gasteiger charge is 2.34. The molecule has 0 bridgehead atoms. The zero-order chi connectivity index (χ0) is 13.6. The van der Waals surface area contributed by atoms with Crippen molar-refractivity contribution in [1.82, 2.24) is 0 Å². The predicted octanol–water partition coefficient (Wildman–Crippen LogP) is 0.792. The van der Waals surface area contributed by atoms with Crippen LogP contribution in [0.25, 0.3) is 0 Å². The third-order valence-corrected chi connectivity index (χ3v) is 2.60. The maximum atomic E-state index is 11.9. The van der Waals surface area contributed by atoms with Crippen molar-refractivity contribution >= 4 is 17.7 Å². The van der Waals surface area contributed by atoms with Crippen LogP contribution in [0.5, 0.6) is 0 Å². The maximum absolute atomic E-state index is 11.9. The number of methoxy groups -OCH3 is 1. The first-order valence-corrected chi connectivity index (χ1v) is 5.36. The normalized spacial score (nSPS) is 15.9. The van der Waals surface area contributed by atoms with Crippen LogP contribution < -0.4 is 0 Å². The van der Waals surface area contributed by atoms with E-state index in [1.54, 1.807) is 13.8 Å². The smallest absolute Gasteiger partial charge is 0.314 e. The number of carboxylic acids is 2. The molecule has 0 heterocycles. The van der Waals surface area contributed by atoms with Crippen LogP contribution in [0, 0.1) is 11.8 Å². The number of carbonyl (C=O) groups is 3. The Morgan fingerprint density at radius 1 is 1.24 bits per heavy atom. The quantitative estimate of drug-likeness (QED) is 0.614. The summed E-state index contributed by atoms with van der Waals surface area (Å²) >= 11 is 0. The van der Waals surface area contributed by atoms with Gasteiger partial charge in [0.15, 0.2) is 5.78 Å². The topological polar surface area (TPSA) is 101 Å². The van der Waals surface area contributed by atoms with E-state index in [0.29, 0.717) is 0 Å². The number of ketones is 1. The van der Waals surface area contributed by atoms with E-state index in [4.69, 9.17) is 14.9 Å². The standard InChI is InChI=1S/C11H18O6/c1-4-7(11(15)16)9(14)10(17-3)6(2)5-8(12)13/h6-7,10H,4-5H2,1-3H3,(H,12,13)(H,15,16). The van der Waals surface area contributed by atoms with Gasteiger partial charge in [-0.05, 0) is 12.3 Å². The number of rotatable bonds is 8. The van der Waals surface area contributed by atoms with Crippen LogP contribution in [0.3, 0.4) is 0 Å². The molecule has 6 nitrogen and oxygen atoms in total. The van der Waals surface area contributed by atoms with E-state index in [2.05, 4.69) is 0 Å². The molecule has 0 radical (unpaired) electrons. The lowest BCUT2D eigenvalue weighted by atomic mass is 9.89. The van der Waals surface area contributed by atoms with Gasteiger partial charge in [0.05, 0.1) is 6.42 Å². The van der Waals surface area contributed by atoms with Crippen LogP contribution in [-0.4, -0.2) is 41.1 Å². The molecule has 0 rings (SSSR count). The third kappa shape index (κ3) is 4.52. The average molecular weight is 246 g/mol. The van der Waals surface area contributed by atoms with E-state index in [9.17, 15) is 14.4 Å². The fourth-order valence-electron chi connectivity index (χ4n) is 1.71. The molecule has 0 spiro atoms. The van der Waals surface area contributed by atoms with E-state index in [1.165, 1.54) is 7.11 Å². The molecule has 0 saturated carbocycles. The maximum Gasteiger partial charge on any atom is 0.314 e. The van der Waals surface area contributed by atoms with Crippen molar-refractivity contribution in [2.75, 3.05) is 7.11 Å². The summed E-state index contributed by atoms with van der Waals surface area (Å²) in [5.41, 5.74) is 0. The Morgan fingerprint density at radius 3 is 2.06 bits per heavy atom. The number of hydrogen-bond acceptors (Lipinski definition) is 4. The van der Waals surface area contributed by atoms with E-state index in [0.717, 1.165) is 0 Å². The number of carboxylic acid groups (broad SMARTS) is 2. The lowest BCUT2D eigenvalue weighted by Gasteiger charge is -2.22. The van der Waals surface area contributed by atoms with Gasteiger partial charge >= 0.3 is 11.9 Å². The summed E-state index contributed by atoms with van der Waals surface area (Å²) in [5.74, 6) is -4.52.